The molecule has 1 aromatic heterocycles. The van der Waals surface area contributed by atoms with Crippen molar-refractivity contribution >= 4 is 0 Å². The molecule has 1 aromatic rings. The first kappa shape index (κ1) is 13.0. The molecule has 0 saturated heterocycles. The molecule has 0 bridgehead atoms. The summed E-state index contributed by atoms with van der Waals surface area (Å²) in [7, 11) is 0. The van der Waals surface area contributed by atoms with Crippen LogP contribution in [0.2, 0.25) is 0 Å². The van der Waals surface area contributed by atoms with E-state index in [1.165, 1.54) is 0 Å². The molecule has 0 aromatic carbocycles. The van der Waals surface area contributed by atoms with E-state index in [9.17, 15) is 5.11 Å². The molecule has 1 rings (SSSR count). The van der Waals surface area contributed by atoms with Gasteiger partial charge in [-0.25, -0.2) is 0 Å². The number of allylic oxidation sites excluding steroid dienone is 1. The molecule has 0 aliphatic rings. The average molecular weight is 223 g/mol. The molecule has 0 aliphatic heterocycles. The Labute approximate surface area is 97.2 Å². The molecule has 0 spiro atoms. The highest BCUT2D eigenvalue weighted by Crippen LogP contribution is 2.15. The van der Waals surface area contributed by atoms with E-state index in [-0.39, 0.29) is 12.6 Å². The molecular formula is C13H21NO2. The largest absolute Gasteiger partial charge is 0.468 e. The van der Waals surface area contributed by atoms with Crippen LogP contribution in [0.25, 0.3) is 0 Å². The molecule has 90 valence electrons. The zero-order valence-electron chi connectivity index (χ0n) is 9.86. The molecule has 0 aliphatic carbocycles. The number of aliphatic hydroxyl groups is 1. The summed E-state index contributed by atoms with van der Waals surface area (Å²) in [5.41, 5.74) is 0. The summed E-state index contributed by atoms with van der Waals surface area (Å²) < 4.78 is 5.29. The van der Waals surface area contributed by atoms with Crippen LogP contribution in [0.4, 0.5) is 0 Å². The fourth-order valence-electron chi connectivity index (χ4n) is 1.72. The lowest BCUT2D eigenvalue weighted by molar-refractivity contribution is 0.211. The van der Waals surface area contributed by atoms with Gasteiger partial charge in [-0.15, -0.1) is 6.58 Å². The molecule has 0 radical (unpaired) electrons. The number of furan rings is 1. The lowest BCUT2D eigenvalue weighted by Gasteiger charge is -2.21. The van der Waals surface area contributed by atoms with Crippen molar-refractivity contribution in [1.82, 2.24) is 5.32 Å². The van der Waals surface area contributed by atoms with Crippen LogP contribution in [0, 0.1) is 0 Å². The zero-order valence-corrected chi connectivity index (χ0v) is 9.86. The van der Waals surface area contributed by atoms with E-state index in [4.69, 9.17) is 4.42 Å². The summed E-state index contributed by atoms with van der Waals surface area (Å²) >= 11 is 0. The van der Waals surface area contributed by atoms with Gasteiger partial charge in [-0.3, -0.25) is 0 Å². The van der Waals surface area contributed by atoms with E-state index in [1.807, 2.05) is 18.2 Å². The molecule has 2 unspecified atom stereocenters. The second kappa shape index (κ2) is 7.25. The van der Waals surface area contributed by atoms with Crippen LogP contribution in [-0.4, -0.2) is 17.8 Å². The minimum atomic E-state index is -0.107. The maximum absolute atomic E-state index is 9.32. The average Bonchev–Trinajstić information content (AvgIpc) is 2.83. The predicted octanol–water partition coefficient (Wildman–Crippen LogP) is 2.65. The van der Waals surface area contributed by atoms with E-state index in [1.54, 1.807) is 6.26 Å². The summed E-state index contributed by atoms with van der Waals surface area (Å²) in [6, 6.07) is 4.00. The van der Waals surface area contributed by atoms with Gasteiger partial charge < -0.3 is 14.8 Å². The highest BCUT2D eigenvalue weighted by Gasteiger charge is 2.16. The Morgan fingerprint density at radius 1 is 1.62 bits per heavy atom. The molecule has 0 saturated carbocycles. The van der Waals surface area contributed by atoms with Crippen LogP contribution in [0.15, 0.2) is 35.5 Å². The third-order valence-electron chi connectivity index (χ3n) is 2.72. The molecular weight excluding hydrogens is 202 g/mol. The summed E-state index contributed by atoms with van der Waals surface area (Å²) in [6.45, 7) is 5.91. The highest BCUT2D eigenvalue weighted by molar-refractivity contribution is 5.04. The second-order valence-electron chi connectivity index (χ2n) is 3.89. The van der Waals surface area contributed by atoms with E-state index >= 15 is 0 Å². The minimum Gasteiger partial charge on any atom is -0.468 e. The Kier molecular flexibility index (Phi) is 5.90. The number of rotatable bonds is 8. The topological polar surface area (TPSA) is 45.4 Å². The van der Waals surface area contributed by atoms with Crippen LogP contribution in [0.3, 0.4) is 0 Å². The normalized spacial score (nSPS) is 14.6. The molecule has 3 nitrogen and oxygen atoms in total. The summed E-state index contributed by atoms with van der Waals surface area (Å²) in [4.78, 5) is 0. The Hall–Kier alpha value is -1.06. The third kappa shape index (κ3) is 3.83. The van der Waals surface area contributed by atoms with Crippen LogP contribution in [-0.2, 0) is 0 Å². The molecule has 2 atom stereocenters. The lowest BCUT2D eigenvalue weighted by Crippen LogP contribution is -2.34. The van der Waals surface area contributed by atoms with Crippen molar-refractivity contribution in [3.63, 3.8) is 0 Å². The van der Waals surface area contributed by atoms with Gasteiger partial charge in [0.2, 0.25) is 0 Å². The fraction of sp³-hybridized carbons (Fsp3) is 0.538. The maximum atomic E-state index is 9.32. The van der Waals surface area contributed by atoms with Crippen LogP contribution in [0.1, 0.15) is 38.0 Å². The standard InChI is InChI=1S/C13H21NO2/c1-3-5-7-11(4-2)14-12(10-15)13-8-6-9-16-13/h3,6,8-9,11-12,14-15H,1,4-5,7,10H2,2H3. The maximum Gasteiger partial charge on any atom is 0.123 e. The predicted molar refractivity (Wildman–Crippen MR) is 65.2 cm³/mol. The van der Waals surface area contributed by atoms with Crippen molar-refractivity contribution in [2.45, 2.75) is 38.3 Å². The van der Waals surface area contributed by atoms with Crippen molar-refractivity contribution in [2.75, 3.05) is 6.61 Å². The van der Waals surface area contributed by atoms with Crippen molar-refractivity contribution in [3.05, 3.63) is 36.8 Å². The van der Waals surface area contributed by atoms with Crippen LogP contribution in [0.5, 0.6) is 0 Å². The van der Waals surface area contributed by atoms with Gasteiger partial charge in [-0.1, -0.05) is 13.0 Å². The van der Waals surface area contributed by atoms with Gasteiger partial charge in [0, 0.05) is 6.04 Å². The van der Waals surface area contributed by atoms with Crippen molar-refractivity contribution in [1.29, 1.82) is 0 Å². The van der Waals surface area contributed by atoms with Crippen LogP contribution >= 0.6 is 0 Å². The smallest absolute Gasteiger partial charge is 0.123 e. The minimum absolute atomic E-state index is 0.0537. The summed E-state index contributed by atoms with van der Waals surface area (Å²) in [5, 5.41) is 12.7. The van der Waals surface area contributed by atoms with Gasteiger partial charge in [0.1, 0.15) is 5.76 Å². The van der Waals surface area contributed by atoms with Crippen LogP contribution < -0.4 is 5.32 Å². The number of hydrogen-bond donors (Lipinski definition) is 2. The van der Waals surface area contributed by atoms with Gasteiger partial charge in [0.25, 0.3) is 0 Å². The van der Waals surface area contributed by atoms with Gasteiger partial charge in [0.15, 0.2) is 0 Å². The number of hydrogen-bond acceptors (Lipinski definition) is 3. The number of nitrogens with one attached hydrogen (secondary N) is 1. The molecule has 3 heteroatoms. The van der Waals surface area contributed by atoms with Gasteiger partial charge in [-0.2, -0.15) is 0 Å². The fourth-order valence-corrected chi connectivity index (χ4v) is 1.72. The zero-order chi connectivity index (χ0) is 11.8. The first-order valence-corrected chi connectivity index (χ1v) is 5.83. The van der Waals surface area contributed by atoms with E-state index < -0.39 is 0 Å². The van der Waals surface area contributed by atoms with Gasteiger partial charge >= 0.3 is 0 Å². The van der Waals surface area contributed by atoms with Crippen molar-refractivity contribution in [3.8, 4) is 0 Å². The van der Waals surface area contributed by atoms with Gasteiger partial charge in [-0.05, 0) is 31.4 Å². The Balaban J connectivity index is 2.50. The molecule has 2 N–H and O–H groups in total. The SMILES string of the molecule is C=CCCC(CC)NC(CO)c1ccco1. The Morgan fingerprint density at radius 3 is 2.94 bits per heavy atom. The summed E-state index contributed by atoms with van der Waals surface area (Å²) in [5.74, 6) is 0.791. The summed E-state index contributed by atoms with van der Waals surface area (Å²) in [6.07, 6.45) is 6.61. The molecule has 1 heterocycles. The quantitative estimate of drug-likeness (QED) is 0.666. The van der Waals surface area contributed by atoms with E-state index in [0.29, 0.717) is 6.04 Å². The first-order chi connectivity index (χ1) is 7.81. The molecule has 16 heavy (non-hydrogen) atoms. The van der Waals surface area contributed by atoms with Crippen molar-refractivity contribution < 1.29 is 9.52 Å². The third-order valence-corrected chi connectivity index (χ3v) is 2.72. The lowest BCUT2D eigenvalue weighted by atomic mass is 10.1. The monoisotopic (exact) mass is 223 g/mol. The highest BCUT2D eigenvalue weighted by atomic mass is 16.3. The Bertz CT molecular complexity index is 282. The van der Waals surface area contributed by atoms with E-state index in [2.05, 4.69) is 18.8 Å². The number of aliphatic hydroxyl groups excluding tert-OH is 1. The van der Waals surface area contributed by atoms with E-state index in [0.717, 1.165) is 25.0 Å². The molecule has 0 fully saturated rings. The Morgan fingerprint density at radius 2 is 2.44 bits per heavy atom. The van der Waals surface area contributed by atoms with Gasteiger partial charge in [0.05, 0.1) is 18.9 Å². The van der Waals surface area contributed by atoms with Crippen molar-refractivity contribution in [2.24, 2.45) is 0 Å². The first-order valence-electron chi connectivity index (χ1n) is 5.83. The molecule has 0 amide bonds. The second-order valence-corrected chi connectivity index (χ2v) is 3.89.